The molecule has 7 rings (SSSR count). The van der Waals surface area contributed by atoms with E-state index in [1.807, 2.05) is 0 Å². The van der Waals surface area contributed by atoms with Crippen molar-refractivity contribution in [3.8, 4) is 27.9 Å². The van der Waals surface area contributed by atoms with E-state index >= 15 is 0 Å². The lowest BCUT2D eigenvalue weighted by atomic mass is 9.99. The van der Waals surface area contributed by atoms with Crippen molar-refractivity contribution in [2.45, 2.75) is 0 Å². The third-order valence-electron chi connectivity index (χ3n) is 7.18. The molecule has 38 heavy (non-hydrogen) atoms. The molecule has 0 unspecified atom stereocenters. The van der Waals surface area contributed by atoms with Gasteiger partial charge in [0.15, 0.2) is 0 Å². The molecule has 0 saturated heterocycles. The van der Waals surface area contributed by atoms with Gasteiger partial charge in [-0.05, 0) is 70.8 Å². The first-order chi connectivity index (χ1) is 18.8. The Morgan fingerprint density at radius 1 is 0.421 bits per heavy atom. The van der Waals surface area contributed by atoms with Crippen molar-refractivity contribution in [1.29, 1.82) is 0 Å². The number of hydrogen-bond acceptors (Lipinski definition) is 1. The van der Waals surface area contributed by atoms with E-state index in [0.717, 1.165) is 17.1 Å². The highest BCUT2D eigenvalue weighted by Crippen LogP contribution is 2.37. The van der Waals surface area contributed by atoms with Gasteiger partial charge in [-0.15, -0.1) is 0 Å². The SMILES string of the molecule is c1ccc(-c2cccc(-c3ccc(Nc4cccc5c4c4ccccc4n5-c4ccccc4)cc3)c2)cc1. The number of hydrogen-bond donors (Lipinski definition) is 1. The molecule has 0 amide bonds. The first kappa shape index (κ1) is 22.1. The van der Waals surface area contributed by atoms with Gasteiger partial charge >= 0.3 is 0 Å². The van der Waals surface area contributed by atoms with E-state index in [1.54, 1.807) is 0 Å². The topological polar surface area (TPSA) is 17.0 Å². The summed E-state index contributed by atoms with van der Waals surface area (Å²) in [5.74, 6) is 0. The average molecular weight is 487 g/mol. The third kappa shape index (κ3) is 3.93. The molecular weight excluding hydrogens is 460 g/mol. The minimum Gasteiger partial charge on any atom is -0.355 e. The standard InChI is InChI=1S/C36H26N2/c1-3-11-26(12-4-1)28-13-9-14-29(25-28)27-21-23-30(24-22-27)37-33-18-10-20-35-36(33)32-17-7-8-19-34(32)38(35)31-15-5-2-6-16-31/h1-25,37H. The predicted molar refractivity (Wildman–Crippen MR) is 161 cm³/mol. The normalized spacial score (nSPS) is 11.2. The van der Waals surface area contributed by atoms with Crippen LogP contribution in [0.15, 0.2) is 152 Å². The van der Waals surface area contributed by atoms with Gasteiger partial charge in [-0.2, -0.15) is 0 Å². The average Bonchev–Trinajstić information content (AvgIpc) is 3.34. The van der Waals surface area contributed by atoms with Crippen LogP contribution in [0, 0.1) is 0 Å². The second kappa shape index (κ2) is 9.42. The van der Waals surface area contributed by atoms with Gasteiger partial charge < -0.3 is 9.88 Å². The van der Waals surface area contributed by atoms with Gasteiger partial charge in [0.05, 0.1) is 11.0 Å². The van der Waals surface area contributed by atoms with Gasteiger partial charge in [0, 0.05) is 27.8 Å². The highest BCUT2D eigenvalue weighted by atomic mass is 15.0. The Balaban J connectivity index is 1.26. The first-order valence-electron chi connectivity index (χ1n) is 13.0. The van der Waals surface area contributed by atoms with Crippen molar-refractivity contribution >= 4 is 33.2 Å². The van der Waals surface area contributed by atoms with Crippen LogP contribution >= 0.6 is 0 Å². The lowest BCUT2D eigenvalue weighted by Crippen LogP contribution is -1.94. The van der Waals surface area contributed by atoms with Crippen molar-refractivity contribution in [3.05, 3.63) is 152 Å². The number of benzene rings is 6. The molecule has 180 valence electrons. The number of nitrogens with zero attached hydrogens (tertiary/aromatic N) is 1. The molecule has 0 radical (unpaired) electrons. The molecule has 0 atom stereocenters. The van der Waals surface area contributed by atoms with Crippen molar-refractivity contribution in [2.24, 2.45) is 0 Å². The van der Waals surface area contributed by atoms with E-state index in [0.29, 0.717) is 0 Å². The van der Waals surface area contributed by atoms with E-state index in [4.69, 9.17) is 0 Å². The summed E-state index contributed by atoms with van der Waals surface area (Å²) >= 11 is 0. The van der Waals surface area contributed by atoms with Crippen LogP contribution in [0.25, 0.3) is 49.7 Å². The zero-order valence-electron chi connectivity index (χ0n) is 20.9. The Hall–Kier alpha value is -5.08. The predicted octanol–water partition coefficient (Wildman–Crippen LogP) is 9.86. The zero-order valence-corrected chi connectivity index (χ0v) is 20.9. The molecule has 0 saturated carbocycles. The maximum atomic E-state index is 3.71. The van der Waals surface area contributed by atoms with Crippen molar-refractivity contribution in [2.75, 3.05) is 5.32 Å². The lowest BCUT2D eigenvalue weighted by Gasteiger charge is -2.11. The summed E-state index contributed by atoms with van der Waals surface area (Å²) in [6, 6.07) is 53.7. The molecule has 0 aliphatic heterocycles. The molecule has 1 heterocycles. The van der Waals surface area contributed by atoms with Crippen LogP contribution in [0.2, 0.25) is 0 Å². The number of nitrogens with one attached hydrogen (secondary N) is 1. The fourth-order valence-corrected chi connectivity index (χ4v) is 5.39. The monoisotopic (exact) mass is 486 g/mol. The summed E-state index contributed by atoms with van der Waals surface area (Å²) in [5, 5.41) is 6.17. The van der Waals surface area contributed by atoms with E-state index in [-0.39, 0.29) is 0 Å². The van der Waals surface area contributed by atoms with Gasteiger partial charge in [-0.3, -0.25) is 0 Å². The summed E-state index contributed by atoms with van der Waals surface area (Å²) in [6.07, 6.45) is 0. The summed E-state index contributed by atoms with van der Waals surface area (Å²) in [6.45, 7) is 0. The smallest absolute Gasteiger partial charge is 0.0562 e. The van der Waals surface area contributed by atoms with Crippen LogP contribution in [0.4, 0.5) is 11.4 Å². The maximum absolute atomic E-state index is 3.71. The summed E-state index contributed by atoms with van der Waals surface area (Å²) in [4.78, 5) is 0. The molecule has 0 spiro atoms. The molecular formula is C36H26N2. The fourth-order valence-electron chi connectivity index (χ4n) is 5.39. The summed E-state index contributed by atoms with van der Waals surface area (Å²) in [5.41, 5.74) is 10.6. The van der Waals surface area contributed by atoms with Crippen molar-refractivity contribution < 1.29 is 0 Å². The van der Waals surface area contributed by atoms with Gasteiger partial charge in [-0.1, -0.05) is 103 Å². The summed E-state index contributed by atoms with van der Waals surface area (Å²) in [7, 11) is 0. The molecule has 2 heteroatoms. The van der Waals surface area contributed by atoms with Crippen LogP contribution in [0.5, 0.6) is 0 Å². The Labute approximate surface area is 222 Å². The van der Waals surface area contributed by atoms with Crippen molar-refractivity contribution in [3.63, 3.8) is 0 Å². The molecule has 0 aliphatic rings. The largest absolute Gasteiger partial charge is 0.355 e. The minimum atomic E-state index is 1.07. The summed E-state index contributed by atoms with van der Waals surface area (Å²) < 4.78 is 2.35. The Kier molecular flexibility index (Phi) is 5.49. The quantitative estimate of drug-likeness (QED) is 0.256. The highest BCUT2D eigenvalue weighted by Gasteiger charge is 2.15. The zero-order chi connectivity index (χ0) is 25.3. The van der Waals surface area contributed by atoms with Crippen LogP contribution in [-0.4, -0.2) is 4.57 Å². The van der Waals surface area contributed by atoms with E-state index in [9.17, 15) is 0 Å². The second-order valence-corrected chi connectivity index (χ2v) is 9.54. The first-order valence-corrected chi connectivity index (χ1v) is 13.0. The molecule has 0 fully saturated rings. The molecule has 7 aromatic rings. The lowest BCUT2D eigenvalue weighted by molar-refractivity contribution is 1.18. The van der Waals surface area contributed by atoms with E-state index in [1.165, 1.54) is 44.1 Å². The van der Waals surface area contributed by atoms with Gasteiger partial charge in [0.1, 0.15) is 0 Å². The maximum Gasteiger partial charge on any atom is 0.0562 e. The van der Waals surface area contributed by atoms with Crippen LogP contribution in [0.1, 0.15) is 0 Å². The number of para-hydroxylation sites is 2. The third-order valence-corrected chi connectivity index (χ3v) is 7.18. The number of rotatable bonds is 5. The van der Waals surface area contributed by atoms with E-state index < -0.39 is 0 Å². The molecule has 0 bridgehead atoms. The van der Waals surface area contributed by atoms with Gasteiger partial charge in [-0.25, -0.2) is 0 Å². The number of anilines is 2. The van der Waals surface area contributed by atoms with Crippen molar-refractivity contribution in [1.82, 2.24) is 4.57 Å². The van der Waals surface area contributed by atoms with Gasteiger partial charge in [0.25, 0.3) is 0 Å². The Bertz CT molecular complexity index is 1860. The van der Waals surface area contributed by atoms with Crippen LogP contribution < -0.4 is 5.32 Å². The highest BCUT2D eigenvalue weighted by molar-refractivity contribution is 6.15. The van der Waals surface area contributed by atoms with Crippen LogP contribution in [-0.2, 0) is 0 Å². The molecule has 6 aromatic carbocycles. The number of fused-ring (bicyclic) bond motifs is 3. The molecule has 2 nitrogen and oxygen atoms in total. The van der Waals surface area contributed by atoms with Crippen LogP contribution in [0.3, 0.4) is 0 Å². The number of aromatic nitrogens is 1. The Morgan fingerprint density at radius 3 is 1.76 bits per heavy atom. The second-order valence-electron chi connectivity index (χ2n) is 9.54. The minimum absolute atomic E-state index is 1.07. The molecule has 1 N–H and O–H groups in total. The van der Waals surface area contributed by atoms with E-state index in [2.05, 4.69) is 162 Å². The van der Waals surface area contributed by atoms with Gasteiger partial charge in [0.2, 0.25) is 0 Å². The molecule has 1 aromatic heterocycles. The Morgan fingerprint density at radius 2 is 1.00 bits per heavy atom. The molecule has 0 aliphatic carbocycles. The fraction of sp³-hybridized carbons (Fsp3) is 0.